The molecule has 0 aromatic heterocycles. The molecule has 0 aliphatic carbocycles. The van der Waals surface area contributed by atoms with Gasteiger partial charge in [-0.2, -0.15) is 5.01 Å². The Morgan fingerprint density at radius 1 is 0.933 bits per heavy atom. The van der Waals surface area contributed by atoms with E-state index in [4.69, 9.17) is 16.6 Å². The zero-order valence-electron chi connectivity index (χ0n) is 16.7. The largest absolute Gasteiger partial charge is 0.289 e. The number of halogens is 1. The Bertz CT molecular complexity index is 1060. The minimum atomic E-state index is -0.993. The van der Waals surface area contributed by atoms with E-state index in [2.05, 4.69) is 5.43 Å². The van der Waals surface area contributed by atoms with Gasteiger partial charge in [0.25, 0.3) is 5.91 Å². The number of nitrogens with one attached hydrogen (secondary N) is 1. The van der Waals surface area contributed by atoms with E-state index in [0.29, 0.717) is 5.17 Å². The Morgan fingerprint density at radius 3 is 2.10 bits per heavy atom. The molecule has 0 fully saturated rings. The fraction of sp³-hybridized carbons (Fsp3) is 0.167. The number of carbonyl (C=O) groups is 1. The van der Waals surface area contributed by atoms with Crippen LogP contribution >= 0.6 is 23.4 Å². The molecule has 0 spiro atoms. The Balaban J connectivity index is 1.60. The number of hydrogen-bond acceptors (Lipinski definition) is 4. The van der Waals surface area contributed by atoms with Gasteiger partial charge in [0.2, 0.25) is 0 Å². The van der Waals surface area contributed by atoms with E-state index in [9.17, 15) is 4.79 Å². The third-order valence-electron chi connectivity index (χ3n) is 5.19. The minimum absolute atomic E-state index is 0.117. The quantitative estimate of drug-likeness (QED) is 0.513. The van der Waals surface area contributed by atoms with Crippen molar-refractivity contribution in [3.8, 4) is 0 Å². The summed E-state index contributed by atoms with van der Waals surface area (Å²) in [4.78, 5) is 18.1. The summed E-state index contributed by atoms with van der Waals surface area (Å²) < 4.78 is 0. The maximum Gasteiger partial charge on any atom is 0.279 e. The summed E-state index contributed by atoms with van der Waals surface area (Å²) in [5.74, 6) is -0.117. The van der Waals surface area contributed by atoms with E-state index in [1.807, 2.05) is 98.1 Å². The topological polar surface area (TPSA) is 44.7 Å². The highest BCUT2D eigenvalue weighted by Gasteiger charge is 2.46. The van der Waals surface area contributed by atoms with Crippen LogP contribution < -0.4 is 5.43 Å². The number of benzene rings is 3. The maximum absolute atomic E-state index is 13.4. The van der Waals surface area contributed by atoms with Crippen molar-refractivity contribution < 1.29 is 4.79 Å². The van der Waals surface area contributed by atoms with Gasteiger partial charge in [0, 0.05) is 0 Å². The number of hydrazine groups is 1. The lowest BCUT2D eigenvalue weighted by molar-refractivity contribution is -0.129. The van der Waals surface area contributed by atoms with Crippen LogP contribution in [0.4, 0.5) is 5.69 Å². The van der Waals surface area contributed by atoms with Crippen LogP contribution in [0.2, 0.25) is 0 Å². The number of amides is 1. The fourth-order valence-corrected chi connectivity index (χ4v) is 4.33. The van der Waals surface area contributed by atoms with Gasteiger partial charge in [0.1, 0.15) is 0 Å². The molecular formula is C24H22ClN3OS. The molecule has 1 aliphatic rings. The van der Waals surface area contributed by atoms with Gasteiger partial charge in [-0.05, 0) is 42.0 Å². The number of hydrogen-bond donors (Lipinski definition) is 1. The van der Waals surface area contributed by atoms with Crippen LogP contribution in [-0.4, -0.2) is 22.3 Å². The normalized spacial score (nSPS) is 19.5. The highest BCUT2D eigenvalue weighted by atomic mass is 35.5. The summed E-state index contributed by atoms with van der Waals surface area (Å²) in [6.45, 7) is 1.85. The van der Waals surface area contributed by atoms with Gasteiger partial charge in [-0.15, -0.1) is 11.6 Å². The molecule has 152 valence electrons. The van der Waals surface area contributed by atoms with Gasteiger partial charge in [-0.25, -0.2) is 4.99 Å². The molecule has 0 radical (unpaired) electrons. The van der Waals surface area contributed by atoms with Gasteiger partial charge in [-0.1, -0.05) is 84.6 Å². The van der Waals surface area contributed by atoms with Crippen LogP contribution in [0.15, 0.2) is 89.9 Å². The average molecular weight is 436 g/mol. The lowest BCUT2D eigenvalue weighted by Crippen LogP contribution is -2.42. The molecular weight excluding hydrogens is 414 g/mol. The van der Waals surface area contributed by atoms with E-state index in [-0.39, 0.29) is 11.3 Å². The molecule has 3 aromatic rings. The first kappa shape index (κ1) is 20.5. The van der Waals surface area contributed by atoms with E-state index in [1.165, 1.54) is 16.8 Å². The first-order chi connectivity index (χ1) is 14.5. The molecule has 1 heterocycles. The second-order valence-corrected chi connectivity index (χ2v) is 8.39. The predicted molar refractivity (Wildman–Crippen MR) is 126 cm³/mol. The molecule has 2 atom stereocenters. The maximum atomic E-state index is 13.4. The highest BCUT2D eigenvalue weighted by Crippen LogP contribution is 2.37. The first-order valence-corrected chi connectivity index (χ1v) is 11.3. The van der Waals surface area contributed by atoms with Crippen molar-refractivity contribution in [1.29, 1.82) is 0 Å². The van der Waals surface area contributed by atoms with Crippen molar-refractivity contribution in [3.05, 3.63) is 102 Å². The Hall–Kier alpha value is -2.76. The molecule has 0 bridgehead atoms. The van der Waals surface area contributed by atoms with Crippen molar-refractivity contribution in [3.63, 3.8) is 0 Å². The number of aliphatic imine (C=N–C) groups is 1. The number of anilines is 1. The number of alkyl halides is 1. The van der Waals surface area contributed by atoms with Gasteiger partial charge in [0.15, 0.2) is 10.7 Å². The number of amidine groups is 1. The Morgan fingerprint density at radius 2 is 1.50 bits per heavy atom. The summed E-state index contributed by atoms with van der Waals surface area (Å²) >= 11 is 8.09. The summed E-state index contributed by atoms with van der Waals surface area (Å²) in [7, 11) is 0. The molecule has 2 unspecified atom stereocenters. The second kappa shape index (κ2) is 8.54. The molecule has 30 heavy (non-hydrogen) atoms. The van der Waals surface area contributed by atoms with Crippen molar-refractivity contribution in [1.82, 2.24) is 5.01 Å². The summed E-state index contributed by atoms with van der Waals surface area (Å²) in [6, 6.07) is 27.4. The van der Waals surface area contributed by atoms with Gasteiger partial charge >= 0.3 is 0 Å². The van der Waals surface area contributed by atoms with E-state index >= 15 is 0 Å². The number of para-hydroxylation sites is 1. The lowest BCUT2D eigenvalue weighted by atomic mass is 9.91. The molecule has 3 aromatic carbocycles. The van der Waals surface area contributed by atoms with Gasteiger partial charge < -0.3 is 0 Å². The average Bonchev–Trinajstić information content (AvgIpc) is 3.05. The zero-order chi connectivity index (χ0) is 21.1. The van der Waals surface area contributed by atoms with Crippen molar-refractivity contribution in [2.75, 3.05) is 11.7 Å². The molecule has 1 amide bonds. The number of carbonyl (C=O) groups excluding carboxylic acids is 1. The highest BCUT2D eigenvalue weighted by molar-refractivity contribution is 8.13. The van der Waals surface area contributed by atoms with Crippen LogP contribution in [-0.2, 0) is 10.3 Å². The second-order valence-electron chi connectivity index (χ2n) is 7.18. The Labute approximate surface area is 185 Å². The van der Waals surface area contributed by atoms with E-state index in [0.717, 1.165) is 22.4 Å². The summed E-state index contributed by atoms with van der Waals surface area (Å²) in [5.41, 5.74) is 5.87. The molecule has 1 N–H and O–H groups in total. The summed E-state index contributed by atoms with van der Waals surface area (Å²) in [5, 5.41) is 1.92. The van der Waals surface area contributed by atoms with Crippen LogP contribution in [0.3, 0.4) is 0 Å². The number of nitrogens with zero attached hydrogens (tertiary/aromatic N) is 2. The smallest absolute Gasteiger partial charge is 0.279 e. The number of thioether (sulfide) groups is 1. The summed E-state index contributed by atoms with van der Waals surface area (Å²) in [6.07, 6.45) is 1.92. The molecule has 4 rings (SSSR count). The van der Waals surface area contributed by atoms with Crippen LogP contribution in [0.25, 0.3) is 0 Å². The number of rotatable bonds is 5. The van der Waals surface area contributed by atoms with Gasteiger partial charge in [0.05, 0.1) is 11.1 Å². The predicted octanol–water partition coefficient (Wildman–Crippen LogP) is 5.82. The zero-order valence-corrected chi connectivity index (χ0v) is 18.3. The lowest BCUT2D eigenvalue weighted by Gasteiger charge is -2.24. The molecule has 0 saturated heterocycles. The van der Waals surface area contributed by atoms with E-state index < -0.39 is 5.54 Å². The molecule has 4 nitrogen and oxygen atoms in total. The van der Waals surface area contributed by atoms with Crippen molar-refractivity contribution in [2.45, 2.75) is 17.8 Å². The third kappa shape index (κ3) is 3.83. The third-order valence-corrected chi connectivity index (χ3v) is 6.33. The van der Waals surface area contributed by atoms with Crippen LogP contribution in [0.5, 0.6) is 0 Å². The molecule has 6 heteroatoms. The monoisotopic (exact) mass is 435 g/mol. The first-order valence-electron chi connectivity index (χ1n) is 9.62. The van der Waals surface area contributed by atoms with Crippen LogP contribution in [0, 0.1) is 0 Å². The standard InChI is InChI=1S/C24H22ClN3OS/c1-24(19-15-13-18(14-16-19)21(25)17-9-5-3-6-10-17)22(29)28(23(26-24)30-2)27-20-11-7-4-8-12-20/h3-16,21,27H,1-2H3. The molecule has 0 saturated carbocycles. The van der Waals surface area contributed by atoms with Crippen LogP contribution in [0.1, 0.15) is 29.0 Å². The van der Waals surface area contributed by atoms with E-state index in [1.54, 1.807) is 0 Å². The molecule has 1 aliphatic heterocycles. The van der Waals surface area contributed by atoms with Gasteiger partial charge in [-0.3, -0.25) is 10.2 Å². The SMILES string of the molecule is CSC1=NC(C)(c2ccc(C(Cl)c3ccccc3)cc2)C(=O)N1Nc1ccccc1. The fourth-order valence-electron chi connectivity index (χ4n) is 3.45. The minimum Gasteiger partial charge on any atom is -0.289 e. The van der Waals surface area contributed by atoms with Crippen molar-refractivity contribution >= 4 is 40.1 Å². The Kier molecular flexibility index (Phi) is 5.84. The van der Waals surface area contributed by atoms with Crippen molar-refractivity contribution in [2.24, 2.45) is 4.99 Å².